The van der Waals surface area contributed by atoms with Crippen LogP contribution in [0, 0.1) is 0 Å². The lowest BCUT2D eigenvalue weighted by molar-refractivity contribution is -0.124. The van der Waals surface area contributed by atoms with Crippen LogP contribution < -0.4 is 14.8 Å². The molecule has 8 heteroatoms. The number of nitrogens with zero attached hydrogens (tertiary/aromatic N) is 1. The van der Waals surface area contributed by atoms with Gasteiger partial charge in [0.15, 0.2) is 18.1 Å². The molecule has 0 bridgehead atoms. The van der Waals surface area contributed by atoms with Gasteiger partial charge < -0.3 is 19.5 Å². The van der Waals surface area contributed by atoms with E-state index >= 15 is 0 Å². The number of nitrogens with one attached hydrogen (secondary N) is 1. The van der Waals surface area contributed by atoms with E-state index in [1.807, 2.05) is 48.5 Å². The van der Waals surface area contributed by atoms with Crippen molar-refractivity contribution in [3.05, 3.63) is 77.9 Å². The first-order valence-corrected chi connectivity index (χ1v) is 10.8. The van der Waals surface area contributed by atoms with Gasteiger partial charge >= 0.3 is 5.97 Å². The molecule has 0 spiro atoms. The molecule has 3 aromatic carbocycles. The minimum absolute atomic E-state index is 0.194. The average molecular weight is 446 g/mol. The Labute approximate surface area is 187 Å². The van der Waals surface area contributed by atoms with E-state index in [1.54, 1.807) is 18.2 Å². The molecular formula is C24H18N2O5S. The summed E-state index contributed by atoms with van der Waals surface area (Å²) in [4.78, 5) is 29.5. The predicted molar refractivity (Wildman–Crippen MR) is 120 cm³/mol. The third-order valence-electron chi connectivity index (χ3n) is 4.93. The van der Waals surface area contributed by atoms with E-state index in [9.17, 15) is 9.59 Å². The number of amides is 1. The van der Waals surface area contributed by atoms with Gasteiger partial charge in [-0.2, -0.15) is 0 Å². The van der Waals surface area contributed by atoms with E-state index in [2.05, 4.69) is 10.3 Å². The molecule has 0 aliphatic carbocycles. The molecule has 0 radical (unpaired) electrons. The summed E-state index contributed by atoms with van der Waals surface area (Å²) in [6.45, 7) is 0.104. The Kier molecular flexibility index (Phi) is 5.43. The quantitative estimate of drug-likeness (QED) is 0.448. The maximum Gasteiger partial charge on any atom is 0.339 e. The Morgan fingerprint density at radius 2 is 1.81 bits per heavy atom. The molecule has 0 saturated heterocycles. The number of rotatable bonds is 6. The van der Waals surface area contributed by atoms with Crippen LogP contribution in [0.15, 0.2) is 66.7 Å². The van der Waals surface area contributed by atoms with Gasteiger partial charge in [0.1, 0.15) is 5.01 Å². The van der Waals surface area contributed by atoms with Crippen LogP contribution in [0.1, 0.15) is 15.9 Å². The van der Waals surface area contributed by atoms with Gasteiger partial charge in [-0.3, -0.25) is 4.79 Å². The molecule has 5 rings (SSSR count). The monoisotopic (exact) mass is 446 g/mol. The number of hydrogen-bond donors (Lipinski definition) is 1. The van der Waals surface area contributed by atoms with Crippen molar-refractivity contribution in [2.24, 2.45) is 0 Å². The van der Waals surface area contributed by atoms with Crippen molar-refractivity contribution >= 4 is 33.4 Å². The van der Waals surface area contributed by atoms with Crippen LogP contribution in [0.4, 0.5) is 0 Å². The highest BCUT2D eigenvalue weighted by molar-refractivity contribution is 7.21. The zero-order valence-electron chi connectivity index (χ0n) is 16.9. The average Bonchev–Trinajstić information content (AvgIpc) is 3.47. The van der Waals surface area contributed by atoms with Crippen molar-refractivity contribution in [1.82, 2.24) is 10.3 Å². The van der Waals surface area contributed by atoms with Crippen LogP contribution in [-0.2, 0) is 16.1 Å². The molecule has 0 fully saturated rings. The number of fused-ring (bicyclic) bond motifs is 2. The number of ether oxygens (including phenoxy) is 3. The Morgan fingerprint density at radius 1 is 1.00 bits per heavy atom. The van der Waals surface area contributed by atoms with E-state index in [0.717, 1.165) is 20.8 Å². The van der Waals surface area contributed by atoms with Crippen LogP contribution in [0.2, 0.25) is 0 Å². The van der Waals surface area contributed by atoms with Crippen LogP contribution >= 0.6 is 11.3 Å². The molecule has 1 aromatic heterocycles. The number of carbonyl (C=O) groups is 2. The van der Waals surface area contributed by atoms with Gasteiger partial charge in [-0.25, -0.2) is 9.78 Å². The summed E-state index contributed by atoms with van der Waals surface area (Å²) in [6, 6.07) is 20.3. The van der Waals surface area contributed by atoms with Crippen molar-refractivity contribution in [2.75, 3.05) is 13.4 Å². The maximum absolute atomic E-state index is 12.7. The van der Waals surface area contributed by atoms with Crippen molar-refractivity contribution in [3.8, 4) is 22.1 Å². The Balaban J connectivity index is 1.22. The third kappa shape index (κ3) is 4.13. The number of para-hydroxylation sites is 1. The molecule has 2 heterocycles. The molecule has 1 aliphatic heterocycles. The van der Waals surface area contributed by atoms with E-state index in [1.165, 1.54) is 11.3 Å². The summed E-state index contributed by atoms with van der Waals surface area (Å²) in [5.74, 6) is 0.363. The van der Waals surface area contributed by atoms with Gasteiger partial charge in [-0.15, -0.1) is 11.3 Å². The first-order valence-electron chi connectivity index (χ1n) is 9.95. The fourth-order valence-electron chi connectivity index (χ4n) is 3.35. The van der Waals surface area contributed by atoms with E-state index in [0.29, 0.717) is 22.6 Å². The largest absolute Gasteiger partial charge is 0.454 e. The minimum Gasteiger partial charge on any atom is -0.454 e. The number of aromatic nitrogens is 1. The maximum atomic E-state index is 12.7. The number of hydrogen-bond acceptors (Lipinski definition) is 7. The molecular weight excluding hydrogens is 428 g/mol. The second-order valence-corrected chi connectivity index (χ2v) is 8.10. The van der Waals surface area contributed by atoms with Crippen LogP contribution in [0.25, 0.3) is 20.8 Å². The Bertz CT molecular complexity index is 1280. The zero-order chi connectivity index (χ0) is 21.9. The number of carbonyl (C=O) groups excluding carboxylic acids is 2. The van der Waals surface area contributed by atoms with Gasteiger partial charge in [0.05, 0.1) is 15.8 Å². The highest BCUT2D eigenvalue weighted by Crippen LogP contribution is 2.33. The van der Waals surface area contributed by atoms with Gasteiger partial charge in [-0.05, 0) is 35.9 Å². The SMILES string of the molecule is O=C(COC(=O)c1ccccc1-c1nc2ccccc2s1)NCc1ccc2c(c1)OCO2. The minimum atomic E-state index is -0.571. The number of esters is 1. The number of thiazole rings is 1. The lowest BCUT2D eigenvalue weighted by Gasteiger charge is -2.09. The van der Waals surface area contributed by atoms with Crippen molar-refractivity contribution in [3.63, 3.8) is 0 Å². The topological polar surface area (TPSA) is 86.8 Å². The van der Waals surface area contributed by atoms with Crippen LogP contribution in [-0.4, -0.2) is 30.3 Å². The van der Waals surface area contributed by atoms with Crippen molar-refractivity contribution < 1.29 is 23.8 Å². The van der Waals surface area contributed by atoms with Gasteiger partial charge in [-0.1, -0.05) is 36.4 Å². The highest BCUT2D eigenvalue weighted by atomic mass is 32.1. The van der Waals surface area contributed by atoms with Gasteiger partial charge in [0.2, 0.25) is 6.79 Å². The summed E-state index contributed by atoms with van der Waals surface area (Å²) in [6.07, 6.45) is 0. The van der Waals surface area contributed by atoms with Gasteiger partial charge in [0.25, 0.3) is 5.91 Å². The normalized spacial score (nSPS) is 12.0. The molecule has 0 saturated carbocycles. The molecule has 1 aliphatic rings. The molecule has 0 unspecified atom stereocenters. The predicted octanol–water partition coefficient (Wildman–Crippen LogP) is 4.17. The molecule has 32 heavy (non-hydrogen) atoms. The van der Waals surface area contributed by atoms with Crippen LogP contribution in [0.3, 0.4) is 0 Å². The van der Waals surface area contributed by atoms with Crippen LogP contribution in [0.5, 0.6) is 11.5 Å². The number of benzene rings is 3. The summed E-state index contributed by atoms with van der Waals surface area (Å²) < 4.78 is 16.9. The van der Waals surface area contributed by atoms with E-state index < -0.39 is 11.9 Å². The van der Waals surface area contributed by atoms with E-state index in [4.69, 9.17) is 14.2 Å². The molecule has 1 amide bonds. The summed E-state index contributed by atoms with van der Waals surface area (Å²) in [5, 5.41) is 3.47. The van der Waals surface area contributed by atoms with Crippen molar-refractivity contribution in [2.45, 2.75) is 6.54 Å². The molecule has 1 N–H and O–H groups in total. The lowest BCUT2D eigenvalue weighted by atomic mass is 10.1. The standard InChI is InChI=1S/C24H18N2O5S/c27-22(25-12-15-9-10-19-20(11-15)31-14-30-19)13-29-24(28)17-6-2-1-5-16(17)23-26-18-7-3-4-8-21(18)32-23/h1-11H,12-14H2,(H,25,27). The smallest absolute Gasteiger partial charge is 0.339 e. The third-order valence-corrected chi connectivity index (χ3v) is 6.00. The molecule has 4 aromatic rings. The first-order chi connectivity index (χ1) is 15.7. The molecule has 7 nitrogen and oxygen atoms in total. The fourth-order valence-corrected chi connectivity index (χ4v) is 4.35. The fraction of sp³-hybridized carbons (Fsp3) is 0.125. The summed E-state index contributed by atoms with van der Waals surface area (Å²) in [5.41, 5.74) is 2.78. The zero-order valence-corrected chi connectivity index (χ0v) is 17.7. The first kappa shape index (κ1) is 20.0. The Morgan fingerprint density at radius 3 is 2.72 bits per heavy atom. The molecule has 160 valence electrons. The van der Waals surface area contributed by atoms with Crippen molar-refractivity contribution in [1.29, 1.82) is 0 Å². The summed E-state index contributed by atoms with van der Waals surface area (Å²) in [7, 11) is 0. The Hall–Kier alpha value is -3.91. The van der Waals surface area contributed by atoms with Gasteiger partial charge in [0, 0.05) is 12.1 Å². The highest BCUT2D eigenvalue weighted by Gasteiger charge is 2.18. The van der Waals surface area contributed by atoms with E-state index in [-0.39, 0.29) is 19.9 Å². The summed E-state index contributed by atoms with van der Waals surface area (Å²) >= 11 is 1.50. The lowest BCUT2D eigenvalue weighted by Crippen LogP contribution is -2.28. The second kappa shape index (κ2) is 8.68. The molecule has 0 atom stereocenters. The second-order valence-electron chi connectivity index (χ2n) is 7.07.